The monoisotopic (exact) mass is 663 g/mol. The minimum atomic E-state index is 1.17. The lowest BCUT2D eigenvalue weighted by Crippen LogP contribution is -1.93. The molecule has 0 amide bonds. The number of hydrogen-bond donors (Lipinski definition) is 0. The number of fused-ring (bicyclic) bond motifs is 9. The molecule has 3 heterocycles. The Morgan fingerprint density at radius 1 is 0.308 bits per heavy atom. The van der Waals surface area contributed by atoms with Gasteiger partial charge < -0.3 is 13.7 Å². The number of nitrogens with zero attached hydrogens (tertiary/aromatic N) is 3. The molecule has 11 aromatic rings. The summed E-state index contributed by atoms with van der Waals surface area (Å²) in [4.78, 5) is 0. The fourth-order valence-corrected chi connectivity index (χ4v) is 8.69. The summed E-state index contributed by atoms with van der Waals surface area (Å²) >= 11 is 0. The predicted octanol–water partition coefficient (Wildman–Crippen LogP) is 12.9. The molecule has 8 aromatic carbocycles. The second-order valence-electron chi connectivity index (χ2n) is 13.8. The molecule has 0 fully saturated rings. The Morgan fingerprint density at radius 3 is 1.46 bits per heavy atom. The Morgan fingerprint density at radius 2 is 0.788 bits per heavy atom. The Bertz CT molecular complexity index is 3180. The Labute approximate surface area is 300 Å². The fraction of sp³-hybridized carbons (Fsp3) is 0.0204. The molecule has 0 unspecified atom stereocenters. The van der Waals surface area contributed by atoms with Crippen LogP contribution in [-0.4, -0.2) is 13.7 Å². The Hall–Kier alpha value is -6.84. The summed E-state index contributed by atoms with van der Waals surface area (Å²) in [5, 5.41) is 7.60. The molecule has 0 atom stereocenters. The lowest BCUT2D eigenvalue weighted by molar-refractivity contribution is 1.02. The normalized spacial score (nSPS) is 11.9. The van der Waals surface area contributed by atoms with E-state index in [1.807, 2.05) is 0 Å². The number of aryl methyl sites for hydroxylation is 1. The van der Waals surface area contributed by atoms with E-state index in [1.54, 1.807) is 0 Å². The topological polar surface area (TPSA) is 14.8 Å². The van der Waals surface area contributed by atoms with Crippen molar-refractivity contribution in [1.29, 1.82) is 0 Å². The summed E-state index contributed by atoms with van der Waals surface area (Å²) in [5.41, 5.74) is 14.6. The van der Waals surface area contributed by atoms with E-state index in [1.165, 1.54) is 99.0 Å². The summed E-state index contributed by atoms with van der Waals surface area (Å²) in [6.45, 7) is 0. The van der Waals surface area contributed by atoms with Crippen molar-refractivity contribution in [3.8, 4) is 33.6 Å². The molecule has 0 aliphatic carbocycles. The van der Waals surface area contributed by atoms with Gasteiger partial charge in [-0.15, -0.1) is 0 Å². The van der Waals surface area contributed by atoms with E-state index in [-0.39, 0.29) is 0 Å². The van der Waals surface area contributed by atoms with Gasteiger partial charge in [0.1, 0.15) is 0 Å². The van der Waals surface area contributed by atoms with Crippen LogP contribution in [0.25, 0.3) is 99.0 Å². The second kappa shape index (κ2) is 11.1. The van der Waals surface area contributed by atoms with Crippen molar-refractivity contribution in [3.05, 3.63) is 182 Å². The molecule has 3 heteroatoms. The third-order valence-corrected chi connectivity index (χ3v) is 11.0. The lowest BCUT2D eigenvalue weighted by atomic mass is 9.99. The first-order chi connectivity index (χ1) is 25.7. The maximum absolute atomic E-state index is 2.39. The van der Waals surface area contributed by atoms with Gasteiger partial charge in [0.2, 0.25) is 0 Å². The first-order valence-corrected chi connectivity index (χ1v) is 17.9. The average Bonchev–Trinajstić information content (AvgIpc) is 3.83. The van der Waals surface area contributed by atoms with Crippen molar-refractivity contribution in [1.82, 2.24) is 13.7 Å². The SMILES string of the molecule is Cn1c2cc(-c3ccc4c5ccccc5n(-c5ccccc5)c4c3)ccc2c2cccc(-c3ccc4c(c3)c3ccccc3n4-c3ccccc3)c21. The summed E-state index contributed by atoms with van der Waals surface area (Å²) < 4.78 is 7.16. The zero-order valence-electron chi connectivity index (χ0n) is 28.7. The molecular weight excluding hydrogens is 631 g/mol. The van der Waals surface area contributed by atoms with Crippen LogP contribution in [0, 0.1) is 0 Å². The van der Waals surface area contributed by atoms with Gasteiger partial charge in [0.15, 0.2) is 0 Å². The highest BCUT2D eigenvalue weighted by atomic mass is 15.0. The maximum Gasteiger partial charge on any atom is 0.0568 e. The van der Waals surface area contributed by atoms with E-state index < -0.39 is 0 Å². The molecule has 244 valence electrons. The number of rotatable bonds is 4. The first kappa shape index (κ1) is 28.9. The number of para-hydroxylation sites is 5. The van der Waals surface area contributed by atoms with Gasteiger partial charge in [-0.2, -0.15) is 0 Å². The highest BCUT2D eigenvalue weighted by molar-refractivity contribution is 6.16. The fourth-order valence-electron chi connectivity index (χ4n) is 8.69. The quantitative estimate of drug-likeness (QED) is 0.178. The van der Waals surface area contributed by atoms with Gasteiger partial charge in [0, 0.05) is 61.8 Å². The van der Waals surface area contributed by atoms with Crippen LogP contribution in [0.5, 0.6) is 0 Å². The van der Waals surface area contributed by atoms with Gasteiger partial charge in [0.25, 0.3) is 0 Å². The lowest BCUT2D eigenvalue weighted by Gasteiger charge is -2.10. The van der Waals surface area contributed by atoms with Crippen molar-refractivity contribution < 1.29 is 0 Å². The van der Waals surface area contributed by atoms with Crippen LogP contribution in [0.3, 0.4) is 0 Å². The highest BCUT2D eigenvalue weighted by Crippen LogP contribution is 2.41. The van der Waals surface area contributed by atoms with Gasteiger partial charge in [-0.25, -0.2) is 0 Å². The van der Waals surface area contributed by atoms with E-state index in [0.29, 0.717) is 0 Å². The van der Waals surface area contributed by atoms with E-state index in [9.17, 15) is 0 Å². The van der Waals surface area contributed by atoms with E-state index in [2.05, 4.69) is 203 Å². The van der Waals surface area contributed by atoms with Gasteiger partial charge in [0.05, 0.1) is 27.6 Å². The molecular formula is C49H33N3. The number of aromatic nitrogens is 3. The largest absolute Gasteiger partial charge is 0.343 e. The zero-order chi connectivity index (χ0) is 34.3. The summed E-state index contributed by atoms with van der Waals surface area (Å²) in [5.74, 6) is 0. The molecule has 0 aliphatic rings. The summed E-state index contributed by atoms with van der Waals surface area (Å²) in [6, 6.07) is 66.4. The van der Waals surface area contributed by atoms with Crippen molar-refractivity contribution in [3.63, 3.8) is 0 Å². The van der Waals surface area contributed by atoms with Crippen molar-refractivity contribution in [2.45, 2.75) is 0 Å². The molecule has 0 bridgehead atoms. The van der Waals surface area contributed by atoms with Gasteiger partial charge in [-0.3, -0.25) is 0 Å². The molecule has 11 rings (SSSR count). The van der Waals surface area contributed by atoms with Crippen LogP contribution in [0.15, 0.2) is 182 Å². The van der Waals surface area contributed by atoms with E-state index in [0.717, 1.165) is 0 Å². The van der Waals surface area contributed by atoms with Crippen LogP contribution in [-0.2, 0) is 7.05 Å². The van der Waals surface area contributed by atoms with Crippen molar-refractivity contribution in [2.75, 3.05) is 0 Å². The first-order valence-electron chi connectivity index (χ1n) is 17.9. The van der Waals surface area contributed by atoms with Crippen LogP contribution in [0.2, 0.25) is 0 Å². The van der Waals surface area contributed by atoms with Crippen LogP contribution >= 0.6 is 0 Å². The average molecular weight is 664 g/mol. The zero-order valence-corrected chi connectivity index (χ0v) is 28.7. The summed E-state index contributed by atoms with van der Waals surface area (Å²) in [7, 11) is 2.22. The van der Waals surface area contributed by atoms with Gasteiger partial charge in [-0.05, 0) is 77.4 Å². The summed E-state index contributed by atoms with van der Waals surface area (Å²) in [6.07, 6.45) is 0. The van der Waals surface area contributed by atoms with E-state index >= 15 is 0 Å². The van der Waals surface area contributed by atoms with Gasteiger partial charge >= 0.3 is 0 Å². The molecule has 0 saturated heterocycles. The molecule has 52 heavy (non-hydrogen) atoms. The molecule has 3 aromatic heterocycles. The maximum atomic E-state index is 2.39. The minimum Gasteiger partial charge on any atom is -0.343 e. The molecule has 0 spiro atoms. The van der Waals surface area contributed by atoms with E-state index in [4.69, 9.17) is 0 Å². The molecule has 3 nitrogen and oxygen atoms in total. The molecule has 0 radical (unpaired) electrons. The van der Waals surface area contributed by atoms with Crippen LogP contribution < -0.4 is 0 Å². The second-order valence-corrected chi connectivity index (χ2v) is 13.8. The Balaban J connectivity index is 1.08. The third-order valence-electron chi connectivity index (χ3n) is 11.0. The minimum absolute atomic E-state index is 1.17. The van der Waals surface area contributed by atoms with Crippen molar-refractivity contribution in [2.24, 2.45) is 7.05 Å². The Kier molecular flexibility index (Phi) is 6.17. The number of benzene rings is 8. The molecule has 0 aliphatic heterocycles. The molecule has 0 saturated carbocycles. The van der Waals surface area contributed by atoms with Crippen LogP contribution in [0.1, 0.15) is 0 Å². The number of hydrogen-bond acceptors (Lipinski definition) is 0. The highest BCUT2D eigenvalue weighted by Gasteiger charge is 2.18. The predicted molar refractivity (Wildman–Crippen MR) is 220 cm³/mol. The van der Waals surface area contributed by atoms with Gasteiger partial charge in [-0.1, -0.05) is 121 Å². The smallest absolute Gasteiger partial charge is 0.0568 e. The van der Waals surface area contributed by atoms with Crippen LogP contribution in [0.4, 0.5) is 0 Å². The van der Waals surface area contributed by atoms with Crippen molar-refractivity contribution >= 4 is 65.4 Å². The standard InChI is InChI=1S/C49H33N3/c1-50-47-30-32(33-23-26-40-38-17-8-10-21-44(38)52(48(40)31-33)36-15-6-3-7-16-36)24-27-41(47)42-20-12-19-37(49(42)50)34-25-28-46-43(29-34)39-18-9-11-22-45(39)51(46)35-13-4-2-5-14-35/h2-31H,1H3. The third kappa shape index (κ3) is 4.14. The molecule has 0 N–H and O–H groups in total.